The summed E-state index contributed by atoms with van der Waals surface area (Å²) in [5.74, 6) is 2.57. The first-order valence-electron chi connectivity index (χ1n) is 8.30. The van der Waals surface area contributed by atoms with Crippen LogP contribution in [-0.4, -0.2) is 37.7 Å². The predicted molar refractivity (Wildman–Crippen MR) is 85.2 cm³/mol. The average molecular weight is 289 g/mol. The van der Waals surface area contributed by atoms with E-state index in [-0.39, 0.29) is 0 Å². The molecule has 0 saturated carbocycles. The first-order chi connectivity index (χ1) is 10.3. The lowest BCUT2D eigenvalue weighted by Crippen LogP contribution is -2.49. The van der Waals surface area contributed by atoms with Gasteiger partial charge in [-0.2, -0.15) is 0 Å². The van der Waals surface area contributed by atoms with E-state index in [0.29, 0.717) is 5.92 Å². The highest BCUT2D eigenvalue weighted by Gasteiger charge is 2.33. The van der Waals surface area contributed by atoms with Gasteiger partial charge in [0.15, 0.2) is 0 Å². The van der Waals surface area contributed by atoms with Crippen molar-refractivity contribution >= 4 is 0 Å². The fourth-order valence-electron chi connectivity index (χ4n) is 3.94. The highest BCUT2D eigenvalue weighted by atomic mass is 16.5. The van der Waals surface area contributed by atoms with Crippen LogP contribution < -0.4 is 9.47 Å². The summed E-state index contributed by atoms with van der Waals surface area (Å²) in [6.07, 6.45) is 6.74. The van der Waals surface area contributed by atoms with Gasteiger partial charge in [-0.15, -0.1) is 0 Å². The number of methoxy groups -OCH3 is 1. The molecule has 0 spiro atoms. The van der Waals surface area contributed by atoms with Crippen molar-refractivity contribution in [1.29, 1.82) is 0 Å². The molecular formula is C18H27NO2. The van der Waals surface area contributed by atoms with Crippen LogP contribution in [0.5, 0.6) is 11.5 Å². The van der Waals surface area contributed by atoms with E-state index in [1.54, 1.807) is 7.11 Å². The van der Waals surface area contributed by atoms with Gasteiger partial charge in [0.25, 0.3) is 0 Å². The van der Waals surface area contributed by atoms with Crippen molar-refractivity contribution in [1.82, 2.24) is 4.90 Å². The summed E-state index contributed by atoms with van der Waals surface area (Å²) in [4.78, 5) is 2.69. The Balaban J connectivity index is 1.64. The van der Waals surface area contributed by atoms with E-state index in [2.05, 4.69) is 17.9 Å². The van der Waals surface area contributed by atoms with Crippen LogP contribution in [0.1, 0.15) is 37.7 Å². The molecule has 0 N–H and O–H groups in total. The number of hydrogen-bond acceptors (Lipinski definition) is 3. The number of fused-ring (bicyclic) bond motifs is 1. The molecule has 116 valence electrons. The molecule has 21 heavy (non-hydrogen) atoms. The molecular weight excluding hydrogens is 262 g/mol. The van der Waals surface area contributed by atoms with Gasteiger partial charge in [-0.05, 0) is 57.8 Å². The topological polar surface area (TPSA) is 21.7 Å². The molecule has 0 aliphatic carbocycles. The molecule has 2 heterocycles. The maximum atomic E-state index is 6.16. The van der Waals surface area contributed by atoms with Gasteiger partial charge >= 0.3 is 0 Å². The summed E-state index contributed by atoms with van der Waals surface area (Å²) in [5.41, 5.74) is 1.11. The maximum absolute atomic E-state index is 6.16. The zero-order valence-electron chi connectivity index (χ0n) is 13.3. The van der Waals surface area contributed by atoms with Crippen molar-refractivity contribution in [3.8, 4) is 11.5 Å². The van der Waals surface area contributed by atoms with E-state index in [1.165, 1.54) is 45.2 Å². The monoisotopic (exact) mass is 289 g/mol. The lowest BCUT2D eigenvalue weighted by Gasteiger charge is -2.44. The molecule has 2 fully saturated rings. The lowest BCUT2D eigenvalue weighted by atomic mass is 9.84. The number of nitrogens with zero attached hydrogens (tertiary/aromatic N) is 1. The van der Waals surface area contributed by atoms with E-state index in [9.17, 15) is 0 Å². The summed E-state index contributed by atoms with van der Waals surface area (Å²) >= 11 is 0. The Morgan fingerprint density at radius 3 is 2.76 bits per heavy atom. The van der Waals surface area contributed by atoms with Crippen LogP contribution in [0.15, 0.2) is 18.2 Å². The van der Waals surface area contributed by atoms with Crippen molar-refractivity contribution in [2.45, 2.75) is 45.1 Å². The number of piperidine rings is 2. The van der Waals surface area contributed by atoms with Crippen LogP contribution in [0.4, 0.5) is 0 Å². The normalized spacial score (nSPS) is 26.2. The summed E-state index contributed by atoms with van der Waals surface area (Å²) in [6, 6.07) is 6.80. The van der Waals surface area contributed by atoms with Crippen LogP contribution in [0.2, 0.25) is 0 Å². The van der Waals surface area contributed by atoms with Crippen LogP contribution in [0, 0.1) is 12.8 Å². The van der Waals surface area contributed by atoms with Gasteiger partial charge in [0.1, 0.15) is 11.5 Å². The standard InChI is InChI=1S/C18H27NO2/c1-14-17(20-2)9-5-10-18(14)21-13-15-7-6-12-19-11-4-3-8-16(15)19/h5,9-10,15-16H,3-4,6-8,11-13H2,1-2H3/t15-,16+/m0/s1. The van der Waals surface area contributed by atoms with E-state index in [4.69, 9.17) is 9.47 Å². The van der Waals surface area contributed by atoms with Crippen molar-refractivity contribution in [2.24, 2.45) is 5.92 Å². The quantitative estimate of drug-likeness (QED) is 0.844. The molecule has 0 aromatic heterocycles. The lowest BCUT2D eigenvalue weighted by molar-refractivity contribution is 0.0364. The van der Waals surface area contributed by atoms with Gasteiger partial charge in [0.2, 0.25) is 0 Å². The highest BCUT2D eigenvalue weighted by molar-refractivity contribution is 5.43. The molecule has 0 amide bonds. The van der Waals surface area contributed by atoms with Gasteiger partial charge in [-0.25, -0.2) is 0 Å². The SMILES string of the molecule is COc1cccc(OC[C@@H]2CCCN3CCCC[C@H]23)c1C. The van der Waals surface area contributed by atoms with Crippen molar-refractivity contribution in [3.63, 3.8) is 0 Å². The summed E-state index contributed by atoms with van der Waals surface area (Å²) in [5, 5.41) is 0. The molecule has 3 nitrogen and oxygen atoms in total. The second kappa shape index (κ2) is 6.69. The maximum Gasteiger partial charge on any atom is 0.125 e. The van der Waals surface area contributed by atoms with Gasteiger partial charge in [-0.1, -0.05) is 12.5 Å². The largest absolute Gasteiger partial charge is 0.496 e. The molecule has 2 atom stereocenters. The molecule has 0 bridgehead atoms. The Kier molecular flexibility index (Phi) is 4.69. The number of hydrogen-bond donors (Lipinski definition) is 0. The third kappa shape index (κ3) is 3.18. The fourth-order valence-corrected chi connectivity index (χ4v) is 3.94. The number of rotatable bonds is 4. The molecule has 1 aromatic rings. The summed E-state index contributed by atoms with van der Waals surface area (Å²) in [6.45, 7) is 5.50. The minimum absolute atomic E-state index is 0.685. The molecule has 2 aliphatic rings. The van der Waals surface area contributed by atoms with E-state index in [0.717, 1.165) is 29.7 Å². The Hall–Kier alpha value is -1.22. The number of benzene rings is 1. The summed E-state index contributed by atoms with van der Waals surface area (Å²) in [7, 11) is 1.72. The number of ether oxygens (including phenoxy) is 2. The summed E-state index contributed by atoms with van der Waals surface area (Å²) < 4.78 is 11.5. The molecule has 3 heteroatoms. The zero-order chi connectivity index (χ0) is 14.7. The molecule has 1 aromatic carbocycles. The first-order valence-corrected chi connectivity index (χ1v) is 8.30. The Morgan fingerprint density at radius 2 is 1.90 bits per heavy atom. The predicted octanol–water partition coefficient (Wildman–Crippen LogP) is 3.65. The van der Waals surface area contributed by atoms with Crippen LogP contribution in [0.3, 0.4) is 0 Å². The minimum atomic E-state index is 0.685. The van der Waals surface area contributed by atoms with Crippen LogP contribution in [0.25, 0.3) is 0 Å². The molecule has 3 rings (SSSR count). The van der Waals surface area contributed by atoms with Gasteiger partial charge < -0.3 is 9.47 Å². The van der Waals surface area contributed by atoms with Crippen molar-refractivity contribution in [2.75, 3.05) is 26.8 Å². The van der Waals surface area contributed by atoms with E-state index in [1.807, 2.05) is 12.1 Å². The van der Waals surface area contributed by atoms with Gasteiger partial charge in [-0.3, -0.25) is 4.90 Å². The fraction of sp³-hybridized carbons (Fsp3) is 0.667. The Morgan fingerprint density at radius 1 is 1.10 bits per heavy atom. The third-order valence-corrected chi connectivity index (χ3v) is 5.14. The van der Waals surface area contributed by atoms with Crippen LogP contribution in [-0.2, 0) is 0 Å². The third-order valence-electron chi connectivity index (χ3n) is 5.14. The Labute approximate surface area is 128 Å². The molecule has 0 radical (unpaired) electrons. The molecule has 2 saturated heterocycles. The first kappa shape index (κ1) is 14.7. The molecule has 2 aliphatic heterocycles. The van der Waals surface area contributed by atoms with Gasteiger partial charge in [0.05, 0.1) is 13.7 Å². The van der Waals surface area contributed by atoms with Crippen LogP contribution >= 0.6 is 0 Å². The van der Waals surface area contributed by atoms with E-state index >= 15 is 0 Å². The molecule has 0 unspecified atom stereocenters. The smallest absolute Gasteiger partial charge is 0.125 e. The average Bonchev–Trinajstić information content (AvgIpc) is 2.54. The van der Waals surface area contributed by atoms with Crippen molar-refractivity contribution < 1.29 is 9.47 Å². The zero-order valence-corrected chi connectivity index (χ0v) is 13.3. The Bertz CT molecular complexity index is 472. The second-order valence-corrected chi connectivity index (χ2v) is 6.40. The van der Waals surface area contributed by atoms with Crippen molar-refractivity contribution in [3.05, 3.63) is 23.8 Å². The van der Waals surface area contributed by atoms with Gasteiger partial charge in [0, 0.05) is 17.5 Å². The second-order valence-electron chi connectivity index (χ2n) is 6.40. The van der Waals surface area contributed by atoms with E-state index < -0.39 is 0 Å². The minimum Gasteiger partial charge on any atom is -0.496 e. The highest BCUT2D eigenvalue weighted by Crippen LogP contribution is 2.33.